The number of carbonyl (C=O) groups excluding carboxylic acids is 1. The summed E-state index contributed by atoms with van der Waals surface area (Å²) in [6.45, 7) is 2.41. The van der Waals surface area contributed by atoms with Crippen LogP contribution in [0, 0.1) is 0 Å². The molecule has 39 heavy (non-hydrogen) atoms. The molecule has 0 unspecified atom stereocenters. The van der Waals surface area contributed by atoms with Gasteiger partial charge in [-0.3, -0.25) is 4.79 Å². The zero-order valence-electron chi connectivity index (χ0n) is 22.1. The van der Waals surface area contributed by atoms with Crippen LogP contribution in [-0.4, -0.2) is 52.8 Å². The van der Waals surface area contributed by atoms with Crippen molar-refractivity contribution in [2.45, 2.75) is 44.6 Å². The van der Waals surface area contributed by atoms with Crippen molar-refractivity contribution in [1.29, 1.82) is 0 Å². The minimum absolute atomic E-state index is 0.0354. The number of ether oxygens (including phenoxy) is 1. The van der Waals surface area contributed by atoms with Crippen LogP contribution >= 0.6 is 0 Å². The Labute approximate surface area is 228 Å². The number of carbonyl (C=O) groups is 2. The van der Waals surface area contributed by atoms with Gasteiger partial charge in [-0.25, -0.2) is 4.79 Å². The molecule has 0 atom stereocenters. The van der Waals surface area contributed by atoms with Gasteiger partial charge in [-0.15, -0.1) is 0 Å². The standard InChI is InChI=1S/C33H34N2O4/c36-30(34-17-19-39-20-18-34)22-35-29-21-27(33(37)38)15-16-28(29)31(25-9-5-2-6-10-25)32(35)26-13-11-24(12-14-26)23-7-3-1-4-8-23/h1,3-4,7-8,11-16,21,25H,2,5-6,9-10,17-20,22H2,(H,37,38). The fraction of sp³-hybridized carbons (Fsp3) is 0.333. The van der Waals surface area contributed by atoms with Crippen LogP contribution in [0.4, 0.5) is 0 Å². The first-order chi connectivity index (χ1) is 19.1. The molecule has 3 aromatic carbocycles. The first-order valence-electron chi connectivity index (χ1n) is 14.0. The predicted molar refractivity (Wildman–Crippen MR) is 153 cm³/mol. The predicted octanol–water partition coefficient (Wildman–Crippen LogP) is 6.58. The number of nitrogens with zero attached hydrogens (tertiary/aromatic N) is 2. The molecule has 0 radical (unpaired) electrons. The third kappa shape index (κ3) is 5.09. The summed E-state index contributed by atoms with van der Waals surface area (Å²) in [7, 11) is 0. The highest BCUT2D eigenvalue weighted by Crippen LogP contribution is 2.44. The van der Waals surface area contributed by atoms with Crippen molar-refractivity contribution in [2.24, 2.45) is 0 Å². The summed E-state index contributed by atoms with van der Waals surface area (Å²) >= 11 is 0. The van der Waals surface area contributed by atoms with Crippen LogP contribution in [0.1, 0.15) is 53.9 Å². The van der Waals surface area contributed by atoms with Gasteiger partial charge in [0.2, 0.25) is 5.91 Å². The summed E-state index contributed by atoms with van der Waals surface area (Å²) in [5.74, 6) is -0.550. The number of benzene rings is 3. The maximum Gasteiger partial charge on any atom is 0.335 e. The zero-order chi connectivity index (χ0) is 26.8. The van der Waals surface area contributed by atoms with E-state index in [0.717, 1.165) is 46.1 Å². The second-order valence-corrected chi connectivity index (χ2v) is 10.7. The monoisotopic (exact) mass is 522 g/mol. The van der Waals surface area contributed by atoms with Gasteiger partial charge in [0, 0.05) is 18.5 Å². The van der Waals surface area contributed by atoms with Crippen molar-refractivity contribution in [2.75, 3.05) is 26.3 Å². The molecule has 2 fully saturated rings. The highest BCUT2D eigenvalue weighted by molar-refractivity contribution is 5.99. The average Bonchev–Trinajstić information content (AvgIpc) is 3.31. The van der Waals surface area contributed by atoms with E-state index in [-0.39, 0.29) is 18.0 Å². The molecule has 6 rings (SSSR count). The summed E-state index contributed by atoms with van der Waals surface area (Å²) in [5.41, 5.74) is 6.70. The van der Waals surface area contributed by atoms with Gasteiger partial charge in [-0.1, -0.05) is 79.9 Å². The number of hydrogen-bond acceptors (Lipinski definition) is 3. The molecule has 0 bridgehead atoms. The number of amides is 1. The average molecular weight is 523 g/mol. The van der Waals surface area contributed by atoms with Gasteiger partial charge in [0.25, 0.3) is 0 Å². The molecule has 1 amide bonds. The van der Waals surface area contributed by atoms with Gasteiger partial charge in [0.05, 0.1) is 30.0 Å². The van der Waals surface area contributed by atoms with E-state index in [0.29, 0.717) is 32.2 Å². The van der Waals surface area contributed by atoms with Gasteiger partial charge in [0.15, 0.2) is 0 Å². The molecule has 1 N–H and O–H groups in total. The number of fused-ring (bicyclic) bond motifs is 1. The maximum atomic E-state index is 13.6. The number of hydrogen-bond donors (Lipinski definition) is 1. The highest BCUT2D eigenvalue weighted by Gasteiger charge is 2.29. The Bertz CT molecular complexity index is 1480. The van der Waals surface area contributed by atoms with Gasteiger partial charge in [-0.05, 0) is 53.1 Å². The Hall–Kier alpha value is -3.90. The van der Waals surface area contributed by atoms with Crippen LogP contribution < -0.4 is 0 Å². The largest absolute Gasteiger partial charge is 0.478 e. The fourth-order valence-electron chi connectivity index (χ4n) is 6.29. The van der Waals surface area contributed by atoms with E-state index in [1.165, 1.54) is 24.8 Å². The molecule has 4 aromatic rings. The van der Waals surface area contributed by atoms with E-state index < -0.39 is 5.97 Å². The lowest BCUT2D eigenvalue weighted by Crippen LogP contribution is -2.42. The molecular formula is C33H34N2O4. The Morgan fingerprint density at radius 2 is 1.49 bits per heavy atom. The third-order valence-corrected chi connectivity index (χ3v) is 8.29. The number of morpholine rings is 1. The fourth-order valence-corrected chi connectivity index (χ4v) is 6.29. The Kier molecular flexibility index (Phi) is 7.20. The van der Waals surface area contributed by atoms with Crippen molar-refractivity contribution in [3.63, 3.8) is 0 Å². The quantitative estimate of drug-likeness (QED) is 0.311. The van der Waals surface area contributed by atoms with Crippen molar-refractivity contribution < 1.29 is 19.4 Å². The lowest BCUT2D eigenvalue weighted by molar-refractivity contribution is -0.135. The number of carboxylic acids is 1. The van der Waals surface area contributed by atoms with E-state index in [2.05, 4.69) is 41.0 Å². The molecule has 2 aliphatic rings. The molecule has 2 heterocycles. The Balaban J connectivity index is 1.53. The van der Waals surface area contributed by atoms with E-state index in [4.69, 9.17) is 4.74 Å². The molecule has 6 nitrogen and oxygen atoms in total. The van der Waals surface area contributed by atoms with Gasteiger partial charge >= 0.3 is 5.97 Å². The number of aromatic nitrogens is 1. The first-order valence-corrected chi connectivity index (χ1v) is 14.0. The zero-order valence-corrected chi connectivity index (χ0v) is 22.1. The van der Waals surface area contributed by atoms with E-state index in [1.807, 2.05) is 29.2 Å². The molecule has 200 valence electrons. The molecule has 1 aromatic heterocycles. The van der Waals surface area contributed by atoms with Crippen LogP contribution in [0.5, 0.6) is 0 Å². The molecule has 1 saturated carbocycles. The van der Waals surface area contributed by atoms with Gasteiger partial charge in [0.1, 0.15) is 6.54 Å². The second-order valence-electron chi connectivity index (χ2n) is 10.7. The van der Waals surface area contributed by atoms with Crippen LogP contribution in [-0.2, 0) is 16.1 Å². The summed E-state index contributed by atoms with van der Waals surface area (Å²) in [4.78, 5) is 27.4. The summed E-state index contributed by atoms with van der Waals surface area (Å²) in [6.07, 6.45) is 5.82. The minimum atomic E-state index is -0.961. The van der Waals surface area contributed by atoms with Gasteiger partial charge < -0.3 is 19.3 Å². The summed E-state index contributed by atoms with van der Waals surface area (Å²) < 4.78 is 7.55. The lowest BCUT2D eigenvalue weighted by atomic mass is 9.81. The van der Waals surface area contributed by atoms with E-state index in [1.54, 1.807) is 12.1 Å². The SMILES string of the molecule is O=C(O)c1ccc2c(C3CCCCC3)c(-c3ccc(-c4ccccc4)cc3)n(CC(=O)N3CCOCC3)c2c1. The van der Waals surface area contributed by atoms with E-state index in [9.17, 15) is 14.7 Å². The van der Waals surface area contributed by atoms with Crippen LogP contribution in [0.15, 0.2) is 72.8 Å². The Morgan fingerprint density at radius 3 is 2.18 bits per heavy atom. The summed E-state index contributed by atoms with van der Waals surface area (Å²) in [5, 5.41) is 10.9. The highest BCUT2D eigenvalue weighted by atomic mass is 16.5. The first kappa shape index (κ1) is 25.4. The molecule has 6 heteroatoms. The molecular weight excluding hydrogens is 488 g/mol. The molecule has 1 saturated heterocycles. The number of aromatic carboxylic acids is 1. The second kappa shape index (κ2) is 11.1. The normalized spacial score (nSPS) is 16.5. The van der Waals surface area contributed by atoms with Crippen LogP contribution in [0.3, 0.4) is 0 Å². The van der Waals surface area contributed by atoms with E-state index >= 15 is 0 Å². The van der Waals surface area contributed by atoms with Crippen LogP contribution in [0.25, 0.3) is 33.3 Å². The topological polar surface area (TPSA) is 71.8 Å². The van der Waals surface area contributed by atoms with Crippen molar-refractivity contribution in [1.82, 2.24) is 9.47 Å². The minimum Gasteiger partial charge on any atom is -0.478 e. The maximum absolute atomic E-state index is 13.6. The van der Waals surface area contributed by atoms with Gasteiger partial charge in [-0.2, -0.15) is 0 Å². The third-order valence-electron chi connectivity index (χ3n) is 8.29. The molecule has 0 spiro atoms. The Morgan fingerprint density at radius 1 is 0.821 bits per heavy atom. The summed E-state index contributed by atoms with van der Waals surface area (Å²) in [6, 6.07) is 24.3. The molecule has 1 aliphatic heterocycles. The van der Waals surface area contributed by atoms with Crippen molar-refractivity contribution >= 4 is 22.8 Å². The smallest absolute Gasteiger partial charge is 0.335 e. The number of rotatable bonds is 6. The van der Waals surface area contributed by atoms with Crippen molar-refractivity contribution in [3.05, 3.63) is 83.9 Å². The lowest BCUT2D eigenvalue weighted by Gasteiger charge is -2.28. The van der Waals surface area contributed by atoms with Crippen LogP contribution in [0.2, 0.25) is 0 Å². The van der Waals surface area contributed by atoms with Crippen molar-refractivity contribution in [3.8, 4) is 22.4 Å². The molecule has 1 aliphatic carbocycles. The number of carboxylic acid groups (broad SMARTS) is 1.